The van der Waals surface area contributed by atoms with Crippen LogP contribution in [0.15, 0.2) is 59.4 Å². The molecule has 6 nitrogen and oxygen atoms in total. The number of carbonyl (C=O) groups excluding carboxylic acids is 1. The number of nitrogens with zero attached hydrogens (tertiary/aromatic N) is 1. The Hall–Kier alpha value is -3.12. The molecule has 144 valence electrons. The molecule has 1 N–H and O–H groups in total. The van der Waals surface area contributed by atoms with E-state index in [2.05, 4.69) is 4.98 Å². The lowest BCUT2D eigenvalue weighted by Crippen LogP contribution is -2.39. The van der Waals surface area contributed by atoms with Gasteiger partial charge in [-0.15, -0.1) is 0 Å². The number of hydrogen-bond donors (Lipinski definition) is 1. The predicted molar refractivity (Wildman–Crippen MR) is 108 cm³/mol. The molecule has 1 fully saturated rings. The average molecular weight is 378 g/mol. The summed E-state index contributed by atoms with van der Waals surface area (Å²) in [5.41, 5.74) is 1.77. The summed E-state index contributed by atoms with van der Waals surface area (Å²) in [7, 11) is 1.60. The van der Waals surface area contributed by atoms with E-state index in [0.717, 1.165) is 23.0 Å². The fourth-order valence-corrected chi connectivity index (χ4v) is 3.50. The first-order chi connectivity index (χ1) is 13.7. The summed E-state index contributed by atoms with van der Waals surface area (Å²) >= 11 is 0. The quantitative estimate of drug-likeness (QED) is 0.740. The fourth-order valence-electron chi connectivity index (χ4n) is 3.50. The molecular weight excluding hydrogens is 356 g/mol. The number of H-pyrrole nitrogens is 1. The van der Waals surface area contributed by atoms with Crippen LogP contribution < -0.4 is 15.2 Å². The Kier molecular flexibility index (Phi) is 5.12. The first-order valence-electron chi connectivity index (χ1n) is 9.33. The lowest BCUT2D eigenvalue weighted by Gasteiger charge is -2.25. The first-order valence-corrected chi connectivity index (χ1v) is 9.33. The summed E-state index contributed by atoms with van der Waals surface area (Å²) in [5.74, 6) is 0.592. The molecule has 1 atom stereocenters. The summed E-state index contributed by atoms with van der Waals surface area (Å²) in [6.07, 6.45) is 1.11. The number of rotatable bonds is 5. The van der Waals surface area contributed by atoms with E-state index in [1.54, 1.807) is 18.1 Å². The SMILES string of the molecule is COc1ccc2[nH]c(=O)c(CN(C(=O)[C@H]3CCCO3)c3ccccc3)cc2c1. The zero-order chi connectivity index (χ0) is 19.5. The number of ether oxygens (including phenoxy) is 2. The van der Waals surface area contributed by atoms with Crippen molar-refractivity contribution in [3.8, 4) is 5.75 Å². The maximum absolute atomic E-state index is 13.1. The summed E-state index contributed by atoms with van der Waals surface area (Å²) in [6, 6.07) is 16.7. The normalized spacial score (nSPS) is 16.2. The van der Waals surface area contributed by atoms with Crippen molar-refractivity contribution in [3.63, 3.8) is 0 Å². The number of hydrogen-bond acceptors (Lipinski definition) is 4. The molecule has 2 aromatic carbocycles. The second kappa shape index (κ2) is 7.86. The maximum Gasteiger partial charge on any atom is 0.256 e. The Bertz CT molecular complexity index is 1040. The molecule has 4 rings (SSSR count). The van der Waals surface area contributed by atoms with E-state index in [4.69, 9.17) is 9.47 Å². The highest BCUT2D eigenvalue weighted by atomic mass is 16.5. The molecule has 1 saturated heterocycles. The number of benzene rings is 2. The maximum atomic E-state index is 13.1. The van der Waals surface area contributed by atoms with E-state index in [0.29, 0.717) is 24.3 Å². The zero-order valence-electron chi connectivity index (χ0n) is 15.7. The van der Waals surface area contributed by atoms with Crippen LogP contribution in [-0.4, -0.2) is 30.7 Å². The van der Waals surface area contributed by atoms with Crippen LogP contribution >= 0.6 is 0 Å². The van der Waals surface area contributed by atoms with Crippen LogP contribution in [0.4, 0.5) is 5.69 Å². The molecule has 0 saturated carbocycles. The van der Waals surface area contributed by atoms with Gasteiger partial charge in [0.1, 0.15) is 11.9 Å². The minimum Gasteiger partial charge on any atom is -0.497 e. The van der Waals surface area contributed by atoms with Gasteiger partial charge in [0.2, 0.25) is 0 Å². The van der Waals surface area contributed by atoms with Crippen molar-refractivity contribution in [2.75, 3.05) is 18.6 Å². The van der Waals surface area contributed by atoms with Gasteiger partial charge in [-0.3, -0.25) is 9.59 Å². The van der Waals surface area contributed by atoms with E-state index in [9.17, 15) is 9.59 Å². The monoisotopic (exact) mass is 378 g/mol. The molecule has 1 aliphatic rings. The van der Waals surface area contributed by atoms with Gasteiger partial charge < -0.3 is 19.4 Å². The van der Waals surface area contributed by atoms with Crippen LogP contribution in [0.3, 0.4) is 0 Å². The third kappa shape index (κ3) is 3.64. The minimum atomic E-state index is -0.458. The highest BCUT2D eigenvalue weighted by Crippen LogP contribution is 2.23. The number of anilines is 1. The van der Waals surface area contributed by atoms with Crippen molar-refractivity contribution in [2.45, 2.75) is 25.5 Å². The van der Waals surface area contributed by atoms with Crippen LogP contribution in [-0.2, 0) is 16.1 Å². The Labute approximate surface area is 162 Å². The lowest BCUT2D eigenvalue weighted by atomic mass is 10.1. The third-order valence-corrected chi connectivity index (χ3v) is 5.00. The van der Waals surface area contributed by atoms with E-state index < -0.39 is 6.10 Å². The van der Waals surface area contributed by atoms with Gasteiger partial charge in [0.05, 0.1) is 13.7 Å². The van der Waals surface area contributed by atoms with Gasteiger partial charge in [0.25, 0.3) is 11.5 Å². The van der Waals surface area contributed by atoms with Crippen molar-refractivity contribution in [1.82, 2.24) is 4.98 Å². The Morgan fingerprint density at radius 3 is 2.75 bits per heavy atom. The van der Waals surface area contributed by atoms with E-state index in [1.807, 2.05) is 48.5 Å². The van der Waals surface area contributed by atoms with E-state index in [-0.39, 0.29) is 18.0 Å². The van der Waals surface area contributed by atoms with Gasteiger partial charge in [-0.2, -0.15) is 0 Å². The highest BCUT2D eigenvalue weighted by Gasteiger charge is 2.29. The third-order valence-electron chi connectivity index (χ3n) is 5.00. The number of nitrogens with one attached hydrogen (secondary N) is 1. The summed E-state index contributed by atoms with van der Waals surface area (Å²) < 4.78 is 10.9. The van der Waals surface area contributed by atoms with Gasteiger partial charge in [-0.05, 0) is 49.2 Å². The van der Waals surface area contributed by atoms with Crippen molar-refractivity contribution in [3.05, 3.63) is 70.5 Å². The van der Waals surface area contributed by atoms with Crippen molar-refractivity contribution in [1.29, 1.82) is 0 Å². The van der Waals surface area contributed by atoms with Crippen LogP contribution in [0, 0.1) is 0 Å². The number of methoxy groups -OCH3 is 1. The Morgan fingerprint density at radius 1 is 1.21 bits per heavy atom. The van der Waals surface area contributed by atoms with Crippen LogP contribution in [0.5, 0.6) is 5.75 Å². The van der Waals surface area contributed by atoms with Gasteiger partial charge >= 0.3 is 0 Å². The molecule has 0 radical (unpaired) electrons. The molecule has 3 aromatic rings. The number of aromatic nitrogens is 1. The number of para-hydroxylation sites is 1. The molecule has 0 spiro atoms. The molecular formula is C22H22N2O4. The highest BCUT2D eigenvalue weighted by molar-refractivity contribution is 5.96. The molecule has 28 heavy (non-hydrogen) atoms. The molecule has 2 heterocycles. The fraction of sp³-hybridized carbons (Fsp3) is 0.273. The number of aromatic amines is 1. The second-order valence-electron chi connectivity index (χ2n) is 6.84. The molecule has 0 bridgehead atoms. The molecule has 1 aromatic heterocycles. The van der Waals surface area contributed by atoms with Gasteiger partial charge in [0.15, 0.2) is 0 Å². The largest absolute Gasteiger partial charge is 0.497 e. The van der Waals surface area contributed by atoms with E-state index >= 15 is 0 Å². The number of fused-ring (bicyclic) bond motifs is 1. The smallest absolute Gasteiger partial charge is 0.256 e. The lowest BCUT2D eigenvalue weighted by molar-refractivity contribution is -0.127. The van der Waals surface area contributed by atoms with Crippen LogP contribution in [0.2, 0.25) is 0 Å². The summed E-state index contributed by atoms with van der Waals surface area (Å²) in [5, 5.41) is 0.853. The predicted octanol–water partition coefficient (Wildman–Crippen LogP) is 3.25. The Balaban J connectivity index is 1.72. The number of carbonyl (C=O) groups is 1. The number of pyridine rings is 1. The summed E-state index contributed by atoms with van der Waals surface area (Å²) in [4.78, 5) is 30.3. The van der Waals surface area contributed by atoms with Gasteiger partial charge in [-0.25, -0.2) is 0 Å². The standard InChI is InChI=1S/C22H22N2O4/c1-27-18-9-10-19-15(13-18)12-16(21(25)23-19)14-24(17-6-3-2-4-7-17)22(26)20-8-5-11-28-20/h2-4,6-7,9-10,12-13,20H,5,8,11,14H2,1H3,(H,23,25)/t20-/m1/s1. The topological polar surface area (TPSA) is 71.6 Å². The Morgan fingerprint density at radius 2 is 2.04 bits per heavy atom. The molecule has 0 unspecified atom stereocenters. The van der Waals surface area contributed by atoms with Crippen molar-refractivity contribution < 1.29 is 14.3 Å². The van der Waals surface area contributed by atoms with Crippen LogP contribution in [0.1, 0.15) is 18.4 Å². The molecule has 0 aliphatic carbocycles. The van der Waals surface area contributed by atoms with Gasteiger partial charge in [-0.1, -0.05) is 18.2 Å². The second-order valence-corrected chi connectivity index (χ2v) is 6.84. The minimum absolute atomic E-state index is 0.117. The van der Waals surface area contributed by atoms with Crippen molar-refractivity contribution >= 4 is 22.5 Å². The zero-order valence-corrected chi connectivity index (χ0v) is 15.7. The van der Waals surface area contributed by atoms with Crippen LogP contribution in [0.25, 0.3) is 10.9 Å². The molecule has 1 amide bonds. The number of amides is 1. The van der Waals surface area contributed by atoms with E-state index in [1.165, 1.54) is 0 Å². The van der Waals surface area contributed by atoms with Crippen molar-refractivity contribution in [2.24, 2.45) is 0 Å². The first kappa shape index (κ1) is 18.3. The van der Waals surface area contributed by atoms with Gasteiger partial charge in [0, 0.05) is 28.8 Å². The summed E-state index contributed by atoms with van der Waals surface area (Å²) in [6.45, 7) is 0.764. The molecule has 1 aliphatic heterocycles. The molecule has 6 heteroatoms. The average Bonchev–Trinajstić information content (AvgIpc) is 3.27.